The fourth-order valence-electron chi connectivity index (χ4n) is 3.97. The molecule has 0 aromatic heterocycles. The van der Waals surface area contributed by atoms with Crippen molar-refractivity contribution >= 4 is 41.1 Å². The molecule has 0 bridgehead atoms. The lowest BCUT2D eigenvalue weighted by atomic mass is 10.1. The minimum Gasteiger partial charge on any atom is -0.480 e. The lowest BCUT2D eigenvalue weighted by Crippen LogP contribution is -2.42. The fraction of sp³-hybridized carbons (Fsp3) is 0.652. The van der Waals surface area contributed by atoms with Crippen molar-refractivity contribution in [2.45, 2.75) is 19.3 Å². The van der Waals surface area contributed by atoms with E-state index >= 15 is 0 Å². The Hall–Kier alpha value is -1.36. The topological polar surface area (TPSA) is 91.6 Å². The van der Waals surface area contributed by atoms with Crippen LogP contribution in [0.1, 0.15) is 18.4 Å². The molecule has 0 unspecified atom stereocenters. The van der Waals surface area contributed by atoms with Gasteiger partial charge in [0.1, 0.15) is 0 Å². The molecule has 0 amide bonds. The molecule has 1 aromatic rings. The predicted octanol–water partition coefficient (Wildman–Crippen LogP) is 2.54. The van der Waals surface area contributed by atoms with Crippen molar-refractivity contribution < 1.29 is 14.5 Å². The van der Waals surface area contributed by atoms with E-state index in [1.807, 2.05) is 17.0 Å². The number of nitrogens with one attached hydrogen (secondary N) is 1. The zero-order valence-corrected chi connectivity index (χ0v) is 21.0. The number of hydrogen-bond acceptors (Lipinski definition) is 9. The average molecular weight is 496 g/mol. The van der Waals surface area contributed by atoms with Crippen molar-refractivity contribution in [1.29, 1.82) is 0 Å². The van der Waals surface area contributed by atoms with E-state index in [1.54, 1.807) is 0 Å². The number of carboxylic acid groups (broad SMARTS) is 1. The van der Waals surface area contributed by atoms with Crippen LogP contribution in [0.2, 0.25) is 0 Å². The molecule has 3 N–H and O–H groups in total. The highest BCUT2D eigenvalue weighted by atomic mass is 32.2. The molecule has 0 saturated carbocycles. The quantitative estimate of drug-likeness (QED) is 0.272. The molecule has 8 nitrogen and oxygen atoms in total. The molecular formula is C23H37N5O3S2. The average Bonchev–Trinajstić information content (AvgIpc) is 2.80. The van der Waals surface area contributed by atoms with E-state index in [9.17, 15) is 14.5 Å². The van der Waals surface area contributed by atoms with Gasteiger partial charge in [0, 0.05) is 51.6 Å². The Balaban J connectivity index is 1.98. The van der Waals surface area contributed by atoms with Gasteiger partial charge in [-0.1, -0.05) is 12.1 Å². The Morgan fingerprint density at radius 1 is 1.00 bits per heavy atom. The molecule has 33 heavy (non-hydrogen) atoms. The highest BCUT2D eigenvalue weighted by Gasteiger charge is 2.14. The van der Waals surface area contributed by atoms with E-state index in [4.69, 9.17) is 0 Å². The summed E-state index contributed by atoms with van der Waals surface area (Å²) in [6.45, 7) is 8.97. The predicted molar refractivity (Wildman–Crippen MR) is 139 cm³/mol. The molecule has 1 aliphatic rings. The summed E-state index contributed by atoms with van der Waals surface area (Å²) in [5.74, 6) is -0.0551. The number of hydrogen-bond donors (Lipinski definition) is 3. The molecule has 1 saturated heterocycles. The summed E-state index contributed by atoms with van der Waals surface area (Å²) < 4.78 is 9.18. The fourth-order valence-corrected chi connectivity index (χ4v) is 4.41. The van der Waals surface area contributed by atoms with Crippen molar-refractivity contribution in [3.63, 3.8) is 0 Å². The molecule has 1 aromatic carbocycles. The number of aliphatic imine (C=N–C) groups is 1. The summed E-state index contributed by atoms with van der Waals surface area (Å²) >= 11 is 5.57. The Morgan fingerprint density at radius 3 is 2.39 bits per heavy atom. The maximum atomic E-state index is 11.2. The number of carbonyl (C=O) groups is 1. The lowest BCUT2D eigenvalue weighted by molar-refractivity contribution is -0.138. The van der Waals surface area contributed by atoms with E-state index < -0.39 is 5.97 Å². The third-order valence-corrected chi connectivity index (χ3v) is 6.26. The van der Waals surface area contributed by atoms with Crippen molar-refractivity contribution in [1.82, 2.24) is 20.0 Å². The minimum atomic E-state index is -0.771. The van der Waals surface area contributed by atoms with Crippen LogP contribution < -0.4 is 5.32 Å². The maximum absolute atomic E-state index is 11.2. The largest absolute Gasteiger partial charge is 0.480 e. The van der Waals surface area contributed by atoms with Crippen LogP contribution >= 0.6 is 24.3 Å². The second-order valence-corrected chi connectivity index (χ2v) is 9.11. The number of aliphatic carboxylic acids is 1. The summed E-state index contributed by atoms with van der Waals surface area (Å²) in [6, 6.07) is 8.09. The number of isothiocyanates is 1. The van der Waals surface area contributed by atoms with Gasteiger partial charge >= 0.3 is 5.97 Å². The second-order valence-electron chi connectivity index (χ2n) is 8.26. The lowest BCUT2D eigenvalue weighted by Gasteiger charge is -2.29. The molecule has 1 aliphatic heterocycles. The first-order valence-electron chi connectivity index (χ1n) is 11.6. The number of benzene rings is 1. The Kier molecular flexibility index (Phi) is 14.5. The Bertz CT molecular complexity index is 731. The molecule has 184 valence electrons. The maximum Gasteiger partial charge on any atom is 0.317 e. The van der Waals surface area contributed by atoms with Gasteiger partial charge in [0.25, 0.3) is 0 Å². The minimum absolute atomic E-state index is 0.0881. The van der Waals surface area contributed by atoms with E-state index in [0.717, 1.165) is 102 Å². The zero-order chi connectivity index (χ0) is 23.7. The molecule has 1 fully saturated rings. The third kappa shape index (κ3) is 12.6. The van der Waals surface area contributed by atoms with Gasteiger partial charge in [-0.15, -0.1) is 0 Å². The van der Waals surface area contributed by atoms with Crippen LogP contribution in [-0.4, -0.2) is 113 Å². The van der Waals surface area contributed by atoms with E-state index in [-0.39, 0.29) is 6.54 Å². The van der Waals surface area contributed by atoms with Gasteiger partial charge in [0.05, 0.1) is 17.4 Å². The summed E-state index contributed by atoms with van der Waals surface area (Å²) in [5, 5.41) is 15.1. The normalized spacial score (nSPS) is 18.3. The summed E-state index contributed by atoms with van der Waals surface area (Å²) in [7, 11) is 0. The van der Waals surface area contributed by atoms with Crippen molar-refractivity contribution in [2.24, 2.45) is 4.99 Å². The number of nitrogens with zero attached hydrogens (tertiary/aromatic N) is 4. The van der Waals surface area contributed by atoms with Crippen LogP contribution in [0.4, 0.5) is 5.69 Å². The molecule has 2 rings (SSSR count). The van der Waals surface area contributed by atoms with Crippen LogP contribution in [0.3, 0.4) is 0 Å². The molecule has 1 heterocycles. The van der Waals surface area contributed by atoms with Gasteiger partial charge in [-0.05, 0) is 80.9 Å². The molecule has 0 aliphatic carbocycles. The zero-order valence-electron chi connectivity index (χ0n) is 19.3. The molecule has 10 heteroatoms. The smallest absolute Gasteiger partial charge is 0.317 e. The summed E-state index contributed by atoms with van der Waals surface area (Å²) in [6.07, 6.45) is 2.91. The van der Waals surface area contributed by atoms with E-state index in [0.29, 0.717) is 5.75 Å². The first-order chi connectivity index (χ1) is 16.1. The molecule has 0 spiro atoms. The van der Waals surface area contributed by atoms with Crippen molar-refractivity contribution in [2.75, 3.05) is 77.7 Å². The van der Waals surface area contributed by atoms with Gasteiger partial charge in [-0.3, -0.25) is 9.69 Å². The third-order valence-electron chi connectivity index (χ3n) is 5.80. The first-order valence-corrected chi connectivity index (χ1v) is 13.0. The molecule has 0 atom stereocenters. The van der Waals surface area contributed by atoms with Crippen LogP contribution in [-0.2, 0) is 11.2 Å². The first kappa shape index (κ1) is 27.9. The van der Waals surface area contributed by atoms with Crippen LogP contribution in [0.25, 0.3) is 0 Å². The van der Waals surface area contributed by atoms with Crippen molar-refractivity contribution in [3.8, 4) is 0 Å². The van der Waals surface area contributed by atoms with Crippen molar-refractivity contribution in [3.05, 3.63) is 29.8 Å². The Morgan fingerprint density at radius 2 is 1.70 bits per heavy atom. The molecule has 0 radical (unpaired) electrons. The second kappa shape index (κ2) is 17.1. The highest BCUT2D eigenvalue weighted by Crippen LogP contribution is 2.13. The monoisotopic (exact) mass is 495 g/mol. The van der Waals surface area contributed by atoms with E-state index in [1.165, 1.54) is 5.56 Å². The van der Waals surface area contributed by atoms with Gasteiger partial charge < -0.3 is 24.8 Å². The van der Waals surface area contributed by atoms with Gasteiger partial charge in [-0.2, -0.15) is 4.99 Å². The number of carboxylic acids is 1. The van der Waals surface area contributed by atoms with Crippen LogP contribution in [0.15, 0.2) is 29.3 Å². The summed E-state index contributed by atoms with van der Waals surface area (Å²) in [4.78, 5) is 22.2. The van der Waals surface area contributed by atoms with Gasteiger partial charge in [0.2, 0.25) is 0 Å². The standard InChI is InChI=1S/C23H37N5O3S2/c29-23(30)19-28-12-2-11-26(13-7-21-3-5-22(6-4-21)25-20-32)15-16-27(17-18-33-31)10-1-8-24-9-14-28/h3-6,24,31H,1-2,7-19H2,(H,29,30). The number of thiocarbonyl (C=S) groups is 1. The number of rotatable bonds is 9. The Labute approximate surface area is 207 Å². The highest BCUT2D eigenvalue weighted by molar-refractivity contribution is 7.93. The van der Waals surface area contributed by atoms with Gasteiger partial charge in [0.15, 0.2) is 0 Å². The SMILES string of the molecule is O=C(O)CN1CCCN(CCc2ccc(N=C=S)cc2)CCN(CCSO)CCCNCC1. The van der Waals surface area contributed by atoms with Gasteiger partial charge in [-0.25, -0.2) is 0 Å². The van der Waals surface area contributed by atoms with E-state index in [2.05, 4.69) is 49.6 Å². The molecular weight excluding hydrogens is 458 g/mol. The summed E-state index contributed by atoms with van der Waals surface area (Å²) in [5.41, 5.74) is 2.07. The van der Waals surface area contributed by atoms with Crippen LogP contribution in [0.5, 0.6) is 0 Å². The van der Waals surface area contributed by atoms with Crippen LogP contribution in [0, 0.1) is 0 Å².